The number of carbonyl (C=O) groups excluding carboxylic acids is 1. The van der Waals surface area contributed by atoms with E-state index in [1.54, 1.807) is 34.9 Å². The minimum absolute atomic E-state index is 0.0411. The Kier molecular flexibility index (Phi) is 5.57. The van der Waals surface area contributed by atoms with Gasteiger partial charge in [-0.2, -0.15) is 20.2 Å². The molecule has 2 aromatic rings. The Hall–Kier alpha value is -2.78. The van der Waals surface area contributed by atoms with Crippen molar-refractivity contribution in [1.82, 2.24) is 4.90 Å². The third-order valence-electron chi connectivity index (χ3n) is 5.08. The minimum atomic E-state index is -3.98. The van der Waals surface area contributed by atoms with Gasteiger partial charge in [0.1, 0.15) is 16.2 Å². The number of para-hydroxylation sites is 1. The van der Waals surface area contributed by atoms with Gasteiger partial charge in [0.2, 0.25) is 0 Å². The maximum atomic E-state index is 13.3. The molecule has 30 heavy (non-hydrogen) atoms. The van der Waals surface area contributed by atoms with E-state index in [1.807, 2.05) is 36.6 Å². The van der Waals surface area contributed by atoms with E-state index in [9.17, 15) is 18.3 Å². The first-order chi connectivity index (χ1) is 14.4. The van der Waals surface area contributed by atoms with E-state index in [4.69, 9.17) is 0 Å². The molecule has 0 unspecified atom stereocenters. The first-order valence-electron chi connectivity index (χ1n) is 9.40. The van der Waals surface area contributed by atoms with E-state index in [-0.39, 0.29) is 22.1 Å². The summed E-state index contributed by atoms with van der Waals surface area (Å²) in [5, 5.41) is 13.9. The third kappa shape index (κ3) is 3.70. The SMILES string of the molecule is CSCC[C@H]1C(O)=C(C2=NS(=O)(=O)c3ccccc3N2)C(=O)N1Cc1ccccc1. The van der Waals surface area contributed by atoms with Gasteiger partial charge >= 0.3 is 0 Å². The van der Waals surface area contributed by atoms with Crippen LogP contribution < -0.4 is 5.32 Å². The van der Waals surface area contributed by atoms with Crippen LogP contribution in [0, 0.1) is 0 Å². The number of nitrogens with zero attached hydrogens (tertiary/aromatic N) is 2. The van der Waals surface area contributed by atoms with Gasteiger partial charge < -0.3 is 15.3 Å². The van der Waals surface area contributed by atoms with Crippen LogP contribution in [0.25, 0.3) is 0 Å². The maximum Gasteiger partial charge on any atom is 0.286 e. The fraction of sp³-hybridized carbons (Fsp3) is 0.238. The summed E-state index contributed by atoms with van der Waals surface area (Å²) in [6.45, 7) is 0.308. The maximum absolute atomic E-state index is 13.3. The van der Waals surface area contributed by atoms with Crippen LogP contribution >= 0.6 is 11.8 Å². The smallest absolute Gasteiger partial charge is 0.286 e. The molecule has 4 rings (SSSR count). The Labute approximate surface area is 179 Å². The van der Waals surface area contributed by atoms with Gasteiger partial charge in [-0.3, -0.25) is 4.79 Å². The van der Waals surface area contributed by atoms with Crippen molar-refractivity contribution in [3.8, 4) is 0 Å². The molecule has 2 aliphatic rings. The molecule has 0 aromatic heterocycles. The number of rotatable bonds is 6. The summed E-state index contributed by atoms with van der Waals surface area (Å²) >= 11 is 1.61. The quantitative estimate of drug-likeness (QED) is 0.712. The number of aliphatic hydroxyl groups excluding tert-OH is 1. The molecule has 0 spiro atoms. The number of amides is 1. The second-order valence-corrected chi connectivity index (χ2v) is 9.57. The molecule has 0 radical (unpaired) electrons. The fourth-order valence-electron chi connectivity index (χ4n) is 3.64. The van der Waals surface area contributed by atoms with Crippen LogP contribution in [0.15, 0.2) is 75.2 Å². The molecule has 0 saturated carbocycles. The molecule has 156 valence electrons. The largest absolute Gasteiger partial charge is 0.509 e. The zero-order valence-electron chi connectivity index (χ0n) is 16.3. The predicted octanol–water partition coefficient (Wildman–Crippen LogP) is 3.18. The molecule has 2 heterocycles. The Balaban J connectivity index is 1.73. The summed E-state index contributed by atoms with van der Waals surface area (Å²) in [7, 11) is -3.98. The van der Waals surface area contributed by atoms with Crippen molar-refractivity contribution < 1.29 is 18.3 Å². The van der Waals surface area contributed by atoms with Gasteiger partial charge in [-0.05, 0) is 36.1 Å². The second kappa shape index (κ2) is 8.16. The molecular formula is C21H21N3O4S2. The zero-order valence-corrected chi connectivity index (χ0v) is 17.9. The number of hydrogen-bond donors (Lipinski definition) is 2. The van der Waals surface area contributed by atoms with Crippen LogP contribution in [0.2, 0.25) is 0 Å². The lowest BCUT2D eigenvalue weighted by molar-refractivity contribution is -0.127. The first kappa shape index (κ1) is 20.5. The van der Waals surface area contributed by atoms with E-state index in [1.165, 1.54) is 6.07 Å². The Morgan fingerprint density at radius 1 is 1.13 bits per heavy atom. The lowest BCUT2D eigenvalue weighted by atomic mass is 10.1. The van der Waals surface area contributed by atoms with E-state index < -0.39 is 22.0 Å². The van der Waals surface area contributed by atoms with E-state index in [2.05, 4.69) is 9.71 Å². The third-order valence-corrected chi connectivity index (χ3v) is 7.06. The molecular weight excluding hydrogens is 422 g/mol. The summed E-state index contributed by atoms with van der Waals surface area (Å²) in [5.74, 6) is 0.0109. The number of benzene rings is 2. The van der Waals surface area contributed by atoms with Crippen LogP contribution in [0.1, 0.15) is 12.0 Å². The van der Waals surface area contributed by atoms with Crippen molar-refractivity contribution in [3.05, 3.63) is 71.5 Å². The van der Waals surface area contributed by atoms with Gasteiger partial charge in [0.15, 0.2) is 5.84 Å². The standard InChI is InChI=1S/C21H21N3O4S2/c1-29-12-11-16-19(25)18(21(26)24(16)13-14-7-3-2-4-8-14)20-22-15-9-5-6-10-17(15)30(27,28)23-20/h2-10,16,25H,11-13H2,1H3,(H,22,23)/t16-/m0/s1. The van der Waals surface area contributed by atoms with Gasteiger partial charge in [0.05, 0.1) is 11.7 Å². The second-order valence-electron chi connectivity index (χ2n) is 7.01. The predicted molar refractivity (Wildman–Crippen MR) is 118 cm³/mol. The molecule has 7 nitrogen and oxygen atoms in total. The van der Waals surface area contributed by atoms with Crippen molar-refractivity contribution >= 4 is 39.2 Å². The summed E-state index contributed by atoms with van der Waals surface area (Å²) in [4.78, 5) is 14.9. The lowest BCUT2D eigenvalue weighted by Crippen LogP contribution is -2.37. The highest BCUT2D eigenvalue weighted by molar-refractivity contribution is 7.98. The number of nitrogens with one attached hydrogen (secondary N) is 1. The van der Waals surface area contributed by atoms with Gasteiger partial charge in [-0.25, -0.2) is 0 Å². The van der Waals surface area contributed by atoms with Crippen LogP contribution in [-0.4, -0.2) is 48.2 Å². The number of thioether (sulfide) groups is 1. The molecule has 1 atom stereocenters. The van der Waals surface area contributed by atoms with Crippen molar-refractivity contribution in [1.29, 1.82) is 0 Å². The van der Waals surface area contributed by atoms with Crippen LogP contribution in [0.3, 0.4) is 0 Å². The number of fused-ring (bicyclic) bond motifs is 1. The van der Waals surface area contributed by atoms with Gasteiger partial charge in [0.25, 0.3) is 15.9 Å². The molecule has 0 saturated heterocycles. The van der Waals surface area contributed by atoms with Crippen molar-refractivity contribution in [2.24, 2.45) is 4.40 Å². The van der Waals surface area contributed by atoms with Gasteiger partial charge in [-0.15, -0.1) is 4.40 Å². The average molecular weight is 444 g/mol. The van der Waals surface area contributed by atoms with Crippen molar-refractivity contribution in [3.63, 3.8) is 0 Å². The number of anilines is 1. The van der Waals surface area contributed by atoms with Crippen molar-refractivity contribution in [2.75, 3.05) is 17.3 Å². The van der Waals surface area contributed by atoms with Crippen molar-refractivity contribution in [2.45, 2.75) is 23.9 Å². The number of amidine groups is 1. The molecule has 0 aliphatic carbocycles. The van der Waals surface area contributed by atoms with E-state index in [0.29, 0.717) is 18.7 Å². The van der Waals surface area contributed by atoms with Gasteiger partial charge in [-0.1, -0.05) is 42.5 Å². The summed E-state index contributed by atoms with van der Waals surface area (Å²) in [6, 6.07) is 15.3. The highest BCUT2D eigenvalue weighted by Crippen LogP contribution is 2.34. The normalized spacial score (nSPS) is 20.0. The van der Waals surface area contributed by atoms with Crippen LogP contribution in [0.4, 0.5) is 5.69 Å². The number of sulfonamides is 1. The molecule has 1 amide bonds. The molecule has 0 fully saturated rings. The Morgan fingerprint density at radius 2 is 1.83 bits per heavy atom. The number of carbonyl (C=O) groups is 1. The molecule has 2 N–H and O–H groups in total. The summed E-state index contributed by atoms with van der Waals surface area (Å²) in [6.07, 6.45) is 2.50. The fourth-order valence-corrected chi connectivity index (χ4v) is 5.22. The number of aliphatic hydroxyl groups is 1. The molecule has 0 bridgehead atoms. The molecule has 9 heteroatoms. The summed E-state index contributed by atoms with van der Waals surface area (Å²) in [5.41, 5.74) is 1.17. The first-order valence-corrected chi connectivity index (χ1v) is 12.2. The van der Waals surface area contributed by atoms with Crippen LogP contribution in [0.5, 0.6) is 0 Å². The Morgan fingerprint density at radius 3 is 2.57 bits per heavy atom. The summed E-state index contributed by atoms with van der Waals surface area (Å²) < 4.78 is 29.0. The van der Waals surface area contributed by atoms with Gasteiger partial charge in [0, 0.05) is 6.54 Å². The van der Waals surface area contributed by atoms with E-state index >= 15 is 0 Å². The number of hydrogen-bond acceptors (Lipinski definition) is 6. The van der Waals surface area contributed by atoms with E-state index in [0.717, 1.165) is 11.3 Å². The van der Waals surface area contributed by atoms with Crippen LogP contribution in [-0.2, 0) is 21.4 Å². The Bertz CT molecular complexity index is 1140. The minimum Gasteiger partial charge on any atom is -0.509 e. The highest BCUT2D eigenvalue weighted by atomic mass is 32.2. The molecule has 2 aliphatic heterocycles. The average Bonchev–Trinajstić information content (AvgIpc) is 2.96. The highest BCUT2D eigenvalue weighted by Gasteiger charge is 2.43. The lowest BCUT2D eigenvalue weighted by Gasteiger charge is -2.25. The monoisotopic (exact) mass is 443 g/mol. The molecule has 2 aromatic carbocycles. The topological polar surface area (TPSA) is 99.1 Å². The zero-order chi connectivity index (χ0) is 21.3.